The fourth-order valence-corrected chi connectivity index (χ4v) is 2.25. The van der Waals surface area contributed by atoms with Gasteiger partial charge >= 0.3 is 0 Å². The molecule has 0 aliphatic heterocycles. The highest BCUT2D eigenvalue weighted by molar-refractivity contribution is 7.80. The molecule has 2 heteroatoms. The predicted molar refractivity (Wildman–Crippen MR) is 62.5 cm³/mol. The van der Waals surface area contributed by atoms with Crippen LogP contribution in [-0.2, 0) is 0 Å². The molecule has 1 atom stereocenters. The first-order valence-electron chi connectivity index (χ1n) is 5.66. The molecule has 78 valence electrons. The van der Waals surface area contributed by atoms with Gasteiger partial charge in [-0.15, -0.1) is 0 Å². The van der Waals surface area contributed by atoms with Gasteiger partial charge in [0.15, 0.2) is 0 Å². The maximum atomic E-state index is 4.43. The molecule has 0 radical (unpaired) electrons. The molecule has 1 saturated carbocycles. The van der Waals surface area contributed by atoms with Crippen LogP contribution in [0.2, 0.25) is 0 Å². The van der Waals surface area contributed by atoms with E-state index in [0.29, 0.717) is 0 Å². The van der Waals surface area contributed by atoms with Gasteiger partial charge in [-0.1, -0.05) is 20.3 Å². The zero-order chi connectivity index (χ0) is 9.68. The number of hydrogen-bond donors (Lipinski definition) is 1. The molecule has 0 aromatic carbocycles. The lowest BCUT2D eigenvalue weighted by Gasteiger charge is -2.25. The van der Waals surface area contributed by atoms with E-state index in [-0.39, 0.29) is 0 Å². The number of nitrogens with zero attached hydrogens (tertiary/aromatic N) is 1. The minimum atomic E-state index is 0.814. The Morgan fingerprint density at radius 2 is 2.08 bits per heavy atom. The van der Waals surface area contributed by atoms with Crippen molar-refractivity contribution in [2.24, 2.45) is 5.92 Å². The normalized spacial score (nSPS) is 19.4. The molecule has 0 amide bonds. The lowest BCUT2D eigenvalue weighted by molar-refractivity contribution is 0.235. The molecule has 1 nitrogen and oxygen atoms in total. The zero-order valence-corrected chi connectivity index (χ0v) is 9.89. The van der Waals surface area contributed by atoms with Crippen LogP contribution in [0.15, 0.2) is 0 Å². The van der Waals surface area contributed by atoms with E-state index >= 15 is 0 Å². The van der Waals surface area contributed by atoms with E-state index in [1.165, 1.54) is 38.8 Å². The van der Waals surface area contributed by atoms with E-state index < -0.39 is 0 Å². The van der Waals surface area contributed by atoms with Crippen molar-refractivity contribution < 1.29 is 0 Å². The van der Waals surface area contributed by atoms with Crippen molar-refractivity contribution in [3.8, 4) is 0 Å². The van der Waals surface area contributed by atoms with Gasteiger partial charge in [-0.2, -0.15) is 12.6 Å². The summed E-state index contributed by atoms with van der Waals surface area (Å²) in [5.41, 5.74) is 0. The van der Waals surface area contributed by atoms with Crippen LogP contribution in [0.4, 0.5) is 0 Å². The van der Waals surface area contributed by atoms with Crippen LogP contribution in [0, 0.1) is 5.92 Å². The fraction of sp³-hybridized carbons (Fsp3) is 1.00. The first-order valence-corrected chi connectivity index (χ1v) is 6.29. The largest absolute Gasteiger partial charge is 0.300 e. The first kappa shape index (κ1) is 11.4. The Labute approximate surface area is 88.3 Å². The third kappa shape index (κ3) is 3.90. The monoisotopic (exact) mass is 201 g/mol. The molecule has 0 heterocycles. The van der Waals surface area contributed by atoms with Crippen molar-refractivity contribution in [1.82, 2.24) is 4.90 Å². The fourth-order valence-electron chi connectivity index (χ4n) is 1.96. The first-order chi connectivity index (χ1) is 6.31. The van der Waals surface area contributed by atoms with Crippen LogP contribution in [0.3, 0.4) is 0 Å². The Morgan fingerprint density at radius 1 is 1.38 bits per heavy atom. The molecule has 0 N–H and O–H groups in total. The second kappa shape index (κ2) is 5.92. The van der Waals surface area contributed by atoms with Crippen molar-refractivity contribution in [1.29, 1.82) is 0 Å². The van der Waals surface area contributed by atoms with Crippen LogP contribution in [-0.4, -0.2) is 29.8 Å². The molecular formula is C11H23NS. The Kier molecular flexibility index (Phi) is 5.18. The van der Waals surface area contributed by atoms with Crippen LogP contribution >= 0.6 is 12.6 Å². The molecule has 0 bridgehead atoms. The van der Waals surface area contributed by atoms with E-state index in [1.54, 1.807) is 0 Å². The Hall–Kier alpha value is 0.310. The topological polar surface area (TPSA) is 3.24 Å². The van der Waals surface area contributed by atoms with Crippen LogP contribution in [0.25, 0.3) is 0 Å². The van der Waals surface area contributed by atoms with Crippen molar-refractivity contribution in [3.05, 3.63) is 0 Å². The minimum absolute atomic E-state index is 0.814. The summed E-state index contributed by atoms with van der Waals surface area (Å²) in [6, 6.07) is 0.921. The Balaban J connectivity index is 2.24. The minimum Gasteiger partial charge on any atom is -0.300 e. The van der Waals surface area contributed by atoms with Crippen molar-refractivity contribution in [3.63, 3.8) is 0 Å². The molecule has 0 spiro atoms. The summed E-state index contributed by atoms with van der Waals surface area (Å²) in [5.74, 6) is 1.87. The third-order valence-electron chi connectivity index (χ3n) is 2.92. The second-order valence-corrected chi connectivity index (χ2v) is 4.52. The van der Waals surface area contributed by atoms with E-state index in [2.05, 4.69) is 31.4 Å². The average molecular weight is 201 g/mol. The van der Waals surface area contributed by atoms with Crippen molar-refractivity contribution >= 4 is 12.6 Å². The van der Waals surface area contributed by atoms with Crippen molar-refractivity contribution in [2.75, 3.05) is 18.8 Å². The summed E-state index contributed by atoms with van der Waals surface area (Å²) in [5, 5.41) is 0. The number of rotatable bonds is 7. The Morgan fingerprint density at radius 3 is 2.46 bits per heavy atom. The van der Waals surface area contributed by atoms with Gasteiger partial charge in [-0.25, -0.2) is 0 Å². The van der Waals surface area contributed by atoms with Crippen molar-refractivity contribution in [2.45, 2.75) is 45.6 Å². The second-order valence-electron chi connectivity index (χ2n) is 4.16. The van der Waals surface area contributed by atoms with E-state index in [9.17, 15) is 0 Å². The van der Waals surface area contributed by atoms with Gasteiger partial charge in [-0.3, -0.25) is 0 Å². The van der Waals surface area contributed by atoms with E-state index in [1.807, 2.05) is 0 Å². The summed E-state index contributed by atoms with van der Waals surface area (Å²) >= 11 is 4.43. The van der Waals surface area contributed by atoms with Gasteiger partial charge in [0, 0.05) is 12.6 Å². The summed E-state index contributed by atoms with van der Waals surface area (Å²) in [6.07, 6.45) is 5.50. The van der Waals surface area contributed by atoms with Gasteiger partial charge < -0.3 is 4.90 Å². The van der Waals surface area contributed by atoms with Crippen LogP contribution < -0.4 is 0 Å². The highest BCUT2D eigenvalue weighted by Crippen LogP contribution is 2.27. The predicted octanol–water partition coefficient (Wildman–Crippen LogP) is 2.82. The quantitative estimate of drug-likeness (QED) is 0.620. The lowest BCUT2D eigenvalue weighted by atomic mass is 10.1. The standard InChI is InChI=1S/C11H23NS/c1-3-5-10(9-13)8-12(4-2)11-6-7-11/h10-11,13H,3-9H2,1-2H3. The molecule has 1 aliphatic carbocycles. The highest BCUT2D eigenvalue weighted by Gasteiger charge is 2.28. The summed E-state index contributed by atoms with van der Waals surface area (Å²) in [6.45, 7) is 7.04. The molecule has 13 heavy (non-hydrogen) atoms. The molecule has 1 fully saturated rings. The maximum absolute atomic E-state index is 4.43. The van der Waals surface area contributed by atoms with Crippen LogP contribution in [0.5, 0.6) is 0 Å². The molecule has 0 aromatic heterocycles. The lowest BCUT2D eigenvalue weighted by Crippen LogP contribution is -2.32. The molecule has 0 saturated heterocycles. The Bertz CT molecular complexity index is 134. The summed E-state index contributed by atoms with van der Waals surface area (Å²) in [7, 11) is 0. The smallest absolute Gasteiger partial charge is 0.00964 e. The van der Waals surface area contributed by atoms with E-state index in [4.69, 9.17) is 0 Å². The van der Waals surface area contributed by atoms with E-state index in [0.717, 1.165) is 17.7 Å². The van der Waals surface area contributed by atoms with Gasteiger partial charge in [-0.05, 0) is 37.5 Å². The maximum Gasteiger partial charge on any atom is 0.00964 e. The summed E-state index contributed by atoms with van der Waals surface area (Å²) in [4.78, 5) is 2.64. The number of thiol groups is 1. The zero-order valence-electron chi connectivity index (χ0n) is 9.00. The van der Waals surface area contributed by atoms with Crippen LogP contribution in [0.1, 0.15) is 39.5 Å². The summed E-state index contributed by atoms with van der Waals surface area (Å²) < 4.78 is 0. The molecule has 0 aromatic rings. The van der Waals surface area contributed by atoms with Gasteiger partial charge in [0.1, 0.15) is 0 Å². The third-order valence-corrected chi connectivity index (χ3v) is 3.43. The molecule has 1 aliphatic rings. The molecule has 1 unspecified atom stereocenters. The number of hydrogen-bond acceptors (Lipinski definition) is 2. The van der Waals surface area contributed by atoms with Gasteiger partial charge in [0.2, 0.25) is 0 Å². The highest BCUT2D eigenvalue weighted by atomic mass is 32.1. The van der Waals surface area contributed by atoms with Gasteiger partial charge in [0.05, 0.1) is 0 Å². The average Bonchev–Trinajstić information content (AvgIpc) is 2.95. The molecule has 1 rings (SSSR count). The SMILES string of the molecule is CCCC(CS)CN(CC)C1CC1. The van der Waals surface area contributed by atoms with Gasteiger partial charge in [0.25, 0.3) is 0 Å². The molecular weight excluding hydrogens is 178 g/mol.